The largest absolute Gasteiger partial charge is 0.338 e. The number of fused-ring (bicyclic) bond motifs is 2. The minimum Gasteiger partial charge on any atom is -0.338 e. The number of carbonyl (C=O) groups is 1. The first-order chi connectivity index (χ1) is 13.7. The number of benzene rings is 2. The predicted octanol–water partition coefficient (Wildman–Crippen LogP) is 5.38. The topological polar surface area (TPSA) is 32.3 Å². The molecule has 3 nitrogen and oxygen atoms in total. The van der Waals surface area contributed by atoms with Crippen LogP contribution in [0.5, 0.6) is 0 Å². The Kier molecular flexibility index (Phi) is 5.52. The third-order valence-corrected chi connectivity index (χ3v) is 6.27. The monoisotopic (exact) mass is 374 g/mol. The molecule has 2 aromatic rings. The maximum atomic E-state index is 13.1. The highest BCUT2D eigenvalue weighted by Crippen LogP contribution is 2.44. The van der Waals surface area contributed by atoms with Gasteiger partial charge in [-0.1, -0.05) is 74.9 Å². The first kappa shape index (κ1) is 18.8. The maximum Gasteiger partial charge on any atom is 0.317 e. The molecule has 0 fully saturated rings. The third-order valence-electron chi connectivity index (χ3n) is 6.27. The number of carbonyl (C=O) groups excluding carboxylic acids is 1. The Morgan fingerprint density at radius 3 is 2.68 bits per heavy atom. The quantitative estimate of drug-likeness (QED) is 0.700. The number of urea groups is 1. The molecule has 0 radical (unpaired) electrons. The lowest BCUT2D eigenvalue weighted by Crippen LogP contribution is -2.51. The van der Waals surface area contributed by atoms with Gasteiger partial charge in [0, 0.05) is 19.0 Å². The van der Waals surface area contributed by atoms with Crippen molar-refractivity contribution in [3.05, 3.63) is 76.9 Å². The zero-order valence-corrected chi connectivity index (χ0v) is 16.9. The van der Waals surface area contributed by atoms with Crippen molar-refractivity contribution in [2.45, 2.75) is 51.5 Å². The summed E-state index contributed by atoms with van der Waals surface area (Å²) in [7, 11) is 0. The fourth-order valence-electron chi connectivity index (χ4n) is 4.80. The molecule has 28 heavy (non-hydrogen) atoms. The van der Waals surface area contributed by atoms with Gasteiger partial charge >= 0.3 is 6.03 Å². The van der Waals surface area contributed by atoms with Gasteiger partial charge in [-0.2, -0.15) is 0 Å². The van der Waals surface area contributed by atoms with Crippen LogP contribution in [0.4, 0.5) is 4.79 Å². The summed E-state index contributed by atoms with van der Waals surface area (Å²) in [6, 6.07) is 19.6. The summed E-state index contributed by atoms with van der Waals surface area (Å²) in [6.45, 7) is 5.96. The third kappa shape index (κ3) is 3.46. The molecule has 146 valence electrons. The molecule has 2 unspecified atom stereocenters. The predicted molar refractivity (Wildman–Crippen MR) is 115 cm³/mol. The van der Waals surface area contributed by atoms with E-state index in [4.69, 9.17) is 0 Å². The first-order valence-corrected chi connectivity index (χ1v) is 10.6. The molecule has 1 aliphatic heterocycles. The zero-order valence-electron chi connectivity index (χ0n) is 16.9. The Morgan fingerprint density at radius 2 is 1.89 bits per heavy atom. The lowest BCUT2D eigenvalue weighted by atomic mass is 9.82. The number of hydrogen-bond acceptors (Lipinski definition) is 1. The van der Waals surface area contributed by atoms with Gasteiger partial charge in [0.1, 0.15) is 0 Å². The zero-order chi connectivity index (χ0) is 19.5. The van der Waals surface area contributed by atoms with Crippen molar-refractivity contribution in [2.24, 2.45) is 0 Å². The highest BCUT2D eigenvalue weighted by atomic mass is 16.2. The number of nitrogens with one attached hydrogen (secondary N) is 1. The molecule has 3 heteroatoms. The summed E-state index contributed by atoms with van der Waals surface area (Å²) in [5.74, 6) is 0.262. The molecule has 4 rings (SSSR count). The normalized spacial score (nSPS) is 19.2. The fraction of sp³-hybridized carbons (Fsp3) is 0.400. The Labute approximate surface area is 168 Å². The van der Waals surface area contributed by atoms with Gasteiger partial charge in [-0.25, -0.2) is 4.79 Å². The number of nitrogens with zero attached hydrogens (tertiary/aromatic N) is 1. The molecule has 1 aliphatic carbocycles. The van der Waals surface area contributed by atoms with Crippen LogP contribution in [0.1, 0.15) is 55.7 Å². The van der Waals surface area contributed by atoms with Crippen LogP contribution >= 0.6 is 0 Å². The van der Waals surface area contributed by atoms with E-state index in [2.05, 4.69) is 78.7 Å². The molecule has 2 amide bonds. The Hall–Kier alpha value is -2.55. The molecule has 0 saturated carbocycles. The van der Waals surface area contributed by atoms with E-state index < -0.39 is 0 Å². The van der Waals surface area contributed by atoms with E-state index in [1.54, 1.807) is 0 Å². The van der Waals surface area contributed by atoms with Crippen LogP contribution in [0.3, 0.4) is 0 Å². The van der Waals surface area contributed by atoms with E-state index in [0.717, 1.165) is 38.8 Å². The average Bonchev–Trinajstić information content (AvgIpc) is 3.12. The van der Waals surface area contributed by atoms with Crippen molar-refractivity contribution in [2.75, 3.05) is 13.1 Å². The van der Waals surface area contributed by atoms with E-state index in [1.807, 2.05) is 0 Å². The number of hydrogen-bond donors (Lipinski definition) is 1. The summed E-state index contributed by atoms with van der Waals surface area (Å²) in [5, 5.41) is 3.16. The second-order valence-corrected chi connectivity index (χ2v) is 8.01. The van der Waals surface area contributed by atoms with Crippen LogP contribution in [0, 0.1) is 0 Å². The van der Waals surface area contributed by atoms with Crippen molar-refractivity contribution in [3.63, 3.8) is 0 Å². The van der Waals surface area contributed by atoms with E-state index in [-0.39, 0.29) is 18.0 Å². The molecule has 2 aromatic carbocycles. The van der Waals surface area contributed by atoms with Gasteiger partial charge in [0.25, 0.3) is 0 Å². The van der Waals surface area contributed by atoms with E-state index in [9.17, 15) is 4.79 Å². The molecule has 2 atom stereocenters. The van der Waals surface area contributed by atoms with Gasteiger partial charge in [-0.15, -0.1) is 0 Å². The standard InChI is InChI=1S/C25H30N2O/c1-3-4-15-26-25(28)27-16-14-22-21-13-9-8-12-20(21)17-23(22)24(27)18(2)19-10-6-5-7-11-19/h5-13,18,24H,3-4,14-17H2,1-2H3,(H,26,28). The smallest absolute Gasteiger partial charge is 0.317 e. The summed E-state index contributed by atoms with van der Waals surface area (Å²) in [6.07, 6.45) is 4.03. The highest BCUT2D eigenvalue weighted by Gasteiger charge is 2.39. The van der Waals surface area contributed by atoms with Crippen LogP contribution in [-0.4, -0.2) is 30.1 Å². The van der Waals surface area contributed by atoms with Crippen LogP contribution in [0.25, 0.3) is 5.57 Å². The summed E-state index contributed by atoms with van der Waals surface area (Å²) in [5.41, 5.74) is 7.01. The lowest BCUT2D eigenvalue weighted by Gasteiger charge is -2.41. The second-order valence-electron chi connectivity index (χ2n) is 8.01. The molecule has 1 heterocycles. The van der Waals surface area contributed by atoms with Crippen LogP contribution in [-0.2, 0) is 6.42 Å². The number of rotatable bonds is 5. The van der Waals surface area contributed by atoms with E-state index >= 15 is 0 Å². The van der Waals surface area contributed by atoms with Crippen LogP contribution < -0.4 is 5.32 Å². The fourth-order valence-corrected chi connectivity index (χ4v) is 4.80. The minimum atomic E-state index is 0.0868. The second kappa shape index (κ2) is 8.22. The highest BCUT2D eigenvalue weighted by molar-refractivity contribution is 5.82. The van der Waals surface area contributed by atoms with Crippen molar-refractivity contribution in [1.29, 1.82) is 0 Å². The van der Waals surface area contributed by atoms with Crippen LogP contribution in [0.15, 0.2) is 60.2 Å². The molecule has 1 N–H and O–H groups in total. The Balaban J connectivity index is 1.68. The molecular weight excluding hydrogens is 344 g/mol. The summed E-state index contributed by atoms with van der Waals surface area (Å²) < 4.78 is 0. The van der Waals surface area contributed by atoms with Gasteiger partial charge in [0.2, 0.25) is 0 Å². The van der Waals surface area contributed by atoms with E-state index in [0.29, 0.717) is 0 Å². The van der Waals surface area contributed by atoms with Gasteiger partial charge < -0.3 is 10.2 Å². The Bertz CT molecular complexity index is 871. The lowest BCUT2D eigenvalue weighted by molar-refractivity contribution is 0.173. The molecule has 0 spiro atoms. The van der Waals surface area contributed by atoms with Gasteiger partial charge in [-0.05, 0) is 47.1 Å². The summed E-state index contributed by atoms with van der Waals surface area (Å²) in [4.78, 5) is 15.2. The first-order valence-electron chi connectivity index (χ1n) is 10.6. The van der Waals surface area contributed by atoms with Crippen molar-refractivity contribution >= 4 is 11.6 Å². The minimum absolute atomic E-state index is 0.0868. The maximum absolute atomic E-state index is 13.1. The van der Waals surface area contributed by atoms with Gasteiger partial charge in [-0.3, -0.25) is 0 Å². The molecule has 0 aromatic heterocycles. The van der Waals surface area contributed by atoms with Crippen LogP contribution in [0.2, 0.25) is 0 Å². The van der Waals surface area contributed by atoms with Gasteiger partial charge in [0.15, 0.2) is 0 Å². The Morgan fingerprint density at radius 1 is 1.14 bits per heavy atom. The summed E-state index contributed by atoms with van der Waals surface area (Å²) >= 11 is 0. The molecule has 2 aliphatic rings. The number of unbranched alkanes of at least 4 members (excludes halogenated alkanes) is 1. The van der Waals surface area contributed by atoms with Crippen molar-refractivity contribution in [1.82, 2.24) is 10.2 Å². The van der Waals surface area contributed by atoms with Gasteiger partial charge in [0.05, 0.1) is 6.04 Å². The van der Waals surface area contributed by atoms with Crippen molar-refractivity contribution < 1.29 is 4.79 Å². The molecule has 0 saturated heterocycles. The average molecular weight is 375 g/mol. The van der Waals surface area contributed by atoms with E-state index in [1.165, 1.54) is 27.8 Å². The van der Waals surface area contributed by atoms with Crippen molar-refractivity contribution in [3.8, 4) is 0 Å². The molecular formula is C25H30N2O. The number of amides is 2. The molecule has 0 bridgehead atoms. The SMILES string of the molecule is CCCCNC(=O)N1CCC2=C(Cc3ccccc32)C1C(C)c1ccccc1.